The van der Waals surface area contributed by atoms with Gasteiger partial charge in [0.2, 0.25) is 17.7 Å². The molecule has 0 unspecified atom stereocenters. The lowest BCUT2D eigenvalue weighted by atomic mass is 9.79. The molecule has 146 valence electrons. The van der Waals surface area contributed by atoms with Crippen LogP contribution in [0.25, 0.3) is 0 Å². The maximum atomic E-state index is 13.2. The Balaban J connectivity index is 1.99. The summed E-state index contributed by atoms with van der Waals surface area (Å²) in [7, 11) is 1.73. The number of primary amides is 1. The molecule has 0 aromatic heterocycles. The number of fused-ring (bicyclic) bond motifs is 2. The van der Waals surface area contributed by atoms with E-state index in [2.05, 4.69) is 26.6 Å². The van der Waals surface area contributed by atoms with Gasteiger partial charge in [0.05, 0.1) is 11.5 Å². The Hall–Kier alpha value is -1.93. The van der Waals surface area contributed by atoms with Crippen LogP contribution in [0, 0.1) is 5.92 Å². The van der Waals surface area contributed by atoms with Gasteiger partial charge in [-0.2, -0.15) is 0 Å². The van der Waals surface area contributed by atoms with Crippen molar-refractivity contribution in [2.45, 2.75) is 44.2 Å². The minimum atomic E-state index is -0.954. The molecule has 0 radical (unpaired) electrons. The number of carbonyl (C=O) groups is 3. The van der Waals surface area contributed by atoms with E-state index in [1.165, 1.54) is 4.90 Å². The molecule has 1 aromatic rings. The molecule has 0 bridgehead atoms. The number of nitrogens with zero attached hydrogens (tertiary/aromatic N) is 1. The van der Waals surface area contributed by atoms with Gasteiger partial charge in [-0.3, -0.25) is 14.4 Å². The van der Waals surface area contributed by atoms with Crippen molar-refractivity contribution in [3.05, 3.63) is 28.2 Å². The highest BCUT2D eigenvalue weighted by atomic mass is 79.9. The average Bonchev–Trinajstić information content (AvgIpc) is 3.13. The van der Waals surface area contributed by atoms with Crippen LogP contribution in [0.1, 0.15) is 32.3 Å². The van der Waals surface area contributed by atoms with Gasteiger partial charge in [-0.05, 0) is 49.6 Å². The van der Waals surface area contributed by atoms with E-state index in [-0.39, 0.29) is 24.8 Å². The summed E-state index contributed by atoms with van der Waals surface area (Å²) in [6, 6.07) is 4.32. The normalized spacial score (nSPS) is 25.0. The molecule has 7 nitrogen and oxygen atoms in total. The first kappa shape index (κ1) is 19.8. The number of hydrogen-bond donors (Lipinski definition) is 3. The highest BCUT2D eigenvalue weighted by molar-refractivity contribution is 9.10. The number of likely N-dealkylation sites (N-methyl/N-ethyl adjacent to an activating group) is 1. The predicted octanol–water partition coefficient (Wildman–Crippen LogP) is 1.36. The number of amides is 3. The molecule has 1 spiro atoms. The maximum Gasteiger partial charge on any atom is 0.240 e. The number of hydrogen-bond acceptors (Lipinski definition) is 4. The molecule has 0 saturated carbocycles. The molecule has 3 atom stereocenters. The minimum absolute atomic E-state index is 0.144. The summed E-state index contributed by atoms with van der Waals surface area (Å²) >= 11 is 3.44. The van der Waals surface area contributed by atoms with Gasteiger partial charge in [-0.15, -0.1) is 0 Å². The highest BCUT2D eigenvalue weighted by Crippen LogP contribution is 2.47. The van der Waals surface area contributed by atoms with Crippen molar-refractivity contribution >= 4 is 39.3 Å². The largest absolute Gasteiger partial charge is 0.368 e. The molecule has 8 heteroatoms. The van der Waals surface area contributed by atoms with Gasteiger partial charge in [0.25, 0.3) is 0 Å². The number of halogens is 1. The van der Waals surface area contributed by atoms with Gasteiger partial charge in [-0.25, -0.2) is 0 Å². The second-order valence-electron chi connectivity index (χ2n) is 7.79. The van der Waals surface area contributed by atoms with Crippen molar-refractivity contribution in [2.24, 2.45) is 11.7 Å². The highest BCUT2D eigenvalue weighted by Gasteiger charge is 2.57. The predicted molar refractivity (Wildman–Crippen MR) is 106 cm³/mol. The van der Waals surface area contributed by atoms with E-state index in [4.69, 9.17) is 5.73 Å². The number of anilines is 1. The van der Waals surface area contributed by atoms with Crippen LogP contribution in [-0.4, -0.2) is 48.3 Å². The smallest absolute Gasteiger partial charge is 0.240 e. The monoisotopic (exact) mass is 436 g/mol. The zero-order valence-electron chi connectivity index (χ0n) is 15.7. The molecule has 1 saturated heterocycles. The Labute approximate surface area is 167 Å². The first-order chi connectivity index (χ1) is 12.7. The summed E-state index contributed by atoms with van der Waals surface area (Å²) in [4.78, 5) is 39.7. The summed E-state index contributed by atoms with van der Waals surface area (Å²) in [5.41, 5.74) is 6.18. The molecule has 1 aromatic carbocycles. The zero-order valence-corrected chi connectivity index (χ0v) is 17.3. The van der Waals surface area contributed by atoms with Crippen molar-refractivity contribution in [3.8, 4) is 0 Å². The molecule has 0 aliphatic carbocycles. The Morgan fingerprint density at radius 3 is 2.74 bits per heavy atom. The van der Waals surface area contributed by atoms with Crippen molar-refractivity contribution in [1.82, 2.24) is 10.2 Å². The summed E-state index contributed by atoms with van der Waals surface area (Å²) in [5, 5.41) is 5.92. The lowest BCUT2D eigenvalue weighted by Crippen LogP contribution is -2.51. The zero-order chi connectivity index (χ0) is 19.9. The molecular formula is C19H25BrN4O3. The number of nitrogens with one attached hydrogen (secondary N) is 2. The summed E-state index contributed by atoms with van der Waals surface area (Å²) in [5.74, 6) is -0.664. The third-order valence-electron chi connectivity index (χ3n) is 5.50. The molecule has 1 fully saturated rings. The van der Waals surface area contributed by atoms with Crippen LogP contribution in [0.5, 0.6) is 0 Å². The fourth-order valence-corrected chi connectivity index (χ4v) is 4.51. The van der Waals surface area contributed by atoms with Crippen LogP contribution < -0.4 is 16.4 Å². The average molecular weight is 437 g/mol. The van der Waals surface area contributed by atoms with Gasteiger partial charge in [-0.1, -0.05) is 29.8 Å². The van der Waals surface area contributed by atoms with E-state index in [1.807, 2.05) is 32.0 Å². The molecular weight excluding hydrogens is 412 g/mol. The van der Waals surface area contributed by atoms with E-state index in [0.29, 0.717) is 18.0 Å². The molecule has 2 aliphatic heterocycles. The van der Waals surface area contributed by atoms with Crippen LogP contribution in [0.4, 0.5) is 5.69 Å². The molecule has 27 heavy (non-hydrogen) atoms. The minimum Gasteiger partial charge on any atom is -0.368 e. The number of nitrogens with two attached hydrogens (primary N) is 1. The first-order valence-electron chi connectivity index (χ1n) is 9.08. The van der Waals surface area contributed by atoms with Crippen LogP contribution in [0.3, 0.4) is 0 Å². The number of rotatable bonds is 5. The van der Waals surface area contributed by atoms with Gasteiger partial charge < -0.3 is 21.3 Å². The van der Waals surface area contributed by atoms with Crippen LogP contribution in [-0.2, 0) is 19.8 Å². The lowest BCUT2D eigenvalue weighted by Gasteiger charge is -2.28. The van der Waals surface area contributed by atoms with E-state index < -0.39 is 23.4 Å². The molecule has 2 aliphatic rings. The quantitative estimate of drug-likeness (QED) is 0.647. The third-order valence-corrected chi connectivity index (χ3v) is 6.00. The van der Waals surface area contributed by atoms with Crippen LogP contribution in [0.15, 0.2) is 22.7 Å². The van der Waals surface area contributed by atoms with Crippen LogP contribution in [0.2, 0.25) is 0 Å². The van der Waals surface area contributed by atoms with E-state index in [0.717, 1.165) is 10.0 Å². The molecule has 2 heterocycles. The SMILES string of the molecule is CN[C@@H](CC(C)C)C(=O)N1C[C@]2(C[C@H]1C(N)=O)C(=O)Nc1ccc(Br)cc12. The van der Waals surface area contributed by atoms with Gasteiger partial charge in [0, 0.05) is 16.7 Å². The lowest BCUT2D eigenvalue weighted by molar-refractivity contribution is -0.139. The van der Waals surface area contributed by atoms with E-state index in [1.54, 1.807) is 7.05 Å². The van der Waals surface area contributed by atoms with E-state index >= 15 is 0 Å². The van der Waals surface area contributed by atoms with Gasteiger partial charge in [0.15, 0.2) is 0 Å². The standard InChI is InChI=1S/C19H25BrN4O3/c1-10(2)6-14(22-3)17(26)24-9-19(8-15(24)16(21)25)12-7-11(20)4-5-13(12)23-18(19)27/h4-5,7,10,14-15,22H,6,8-9H2,1-3H3,(H2,21,25)(H,23,27)/t14-,15-,19-/m0/s1. The second-order valence-corrected chi connectivity index (χ2v) is 8.70. The Bertz CT molecular complexity index is 797. The first-order valence-corrected chi connectivity index (χ1v) is 9.87. The fourth-order valence-electron chi connectivity index (χ4n) is 4.15. The molecule has 3 amide bonds. The van der Waals surface area contributed by atoms with Gasteiger partial charge in [0.1, 0.15) is 6.04 Å². The Morgan fingerprint density at radius 1 is 1.44 bits per heavy atom. The summed E-state index contributed by atoms with van der Waals surface area (Å²) in [6.07, 6.45) is 0.833. The Morgan fingerprint density at radius 2 is 2.15 bits per heavy atom. The second kappa shape index (κ2) is 7.24. The summed E-state index contributed by atoms with van der Waals surface area (Å²) in [6.45, 7) is 4.21. The number of benzene rings is 1. The Kier molecular flexibility index (Phi) is 5.31. The van der Waals surface area contributed by atoms with Crippen molar-refractivity contribution < 1.29 is 14.4 Å². The van der Waals surface area contributed by atoms with E-state index in [9.17, 15) is 14.4 Å². The maximum absolute atomic E-state index is 13.2. The van der Waals surface area contributed by atoms with Crippen molar-refractivity contribution in [1.29, 1.82) is 0 Å². The molecule has 3 rings (SSSR count). The van der Waals surface area contributed by atoms with Crippen molar-refractivity contribution in [2.75, 3.05) is 18.9 Å². The van der Waals surface area contributed by atoms with Crippen LogP contribution >= 0.6 is 15.9 Å². The topological polar surface area (TPSA) is 105 Å². The fraction of sp³-hybridized carbons (Fsp3) is 0.526. The van der Waals surface area contributed by atoms with Gasteiger partial charge >= 0.3 is 0 Å². The number of likely N-dealkylation sites (tertiary alicyclic amines) is 1. The summed E-state index contributed by atoms with van der Waals surface area (Å²) < 4.78 is 0.838. The number of carbonyl (C=O) groups excluding carboxylic acids is 3. The third kappa shape index (κ3) is 3.36. The van der Waals surface area contributed by atoms with Crippen molar-refractivity contribution in [3.63, 3.8) is 0 Å². The molecule has 4 N–H and O–H groups in total.